The molecule has 0 saturated carbocycles. The molecule has 6 nitrogen and oxygen atoms in total. The SMILES string of the molecule is COc1cc(/C=C/COC(c2ccc(OCc3ccccc3)c(OC)c2)C2CO2)ccc1OCc1ccccc1. The van der Waals surface area contributed by atoms with Crippen LogP contribution in [0.3, 0.4) is 0 Å². The molecule has 5 rings (SSSR count). The zero-order valence-electron chi connectivity index (χ0n) is 22.8. The first-order valence-corrected chi connectivity index (χ1v) is 13.3. The average Bonchev–Trinajstić information content (AvgIpc) is 3.85. The molecule has 206 valence electrons. The second kappa shape index (κ2) is 13.7. The van der Waals surface area contributed by atoms with Crippen molar-refractivity contribution in [3.63, 3.8) is 0 Å². The smallest absolute Gasteiger partial charge is 0.161 e. The molecule has 1 fully saturated rings. The third kappa shape index (κ3) is 7.44. The van der Waals surface area contributed by atoms with Crippen molar-refractivity contribution in [2.45, 2.75) is 25.4 Å². The second-order valence-corrected chi connectivity index (χ2v) is 9.40. The molecule has 1 aliphatic rings. The van der Waals surface area contributed by atoms with Gasteiger partial charge in [0.15, 0.2) is 23.0 Å². The van der Waals surface area contributed by atoms with Gasteiger partial charge in [0.1, 0.15) is 25.4 Å². The summed E-state index contributed by atoms with van der Waals surface area (Å²) in [5.74, 6) is 2.75. The summed E-state index contributed by atoms with van der Waals surface area (Å²) in [5, 5.41) is 0. The minimum absolute atomic E-state index is 0.0235. The zero-order chi connectivity index (χ0) is 27.6. The summed E-state index contributed by atoms with van der Waals surface area (Å²) in [4.78, 5) is 0. The molecule has 1 saturated heterocycles. The Labute approximate surface area is 235 Å². The van der Waals surface area contributed by atoms with Crippen molar-refractivity contribution in [2.75, 3.05) is 27.4 Å². The molecule has 1 aliphatic heterocycles. The Bertz CT molecular complexity index is 1380. The van der Waals surface area contributed by atoms with Crippen LogP contribution in [-0.2, 0) is 22.7 Å². The molecule has 0 aliphatic carbocycles. The summed E-state index contributed by atoms with van der Waals surface area (Å²) in [6.07, 6.45) is 3.82. The molecule has 2 unspecified atom stereocenters. The number of epoxide rings is 1. The van der Waals surface area contributed by atoms with Crippen molar-refractivity contribution in [3.05, 3.63) is 125 Å². The highest BCUT2D eigenvalue weighted by Gasteiger charge is 2.35. The van der Waals surface area contributed by atoms with Gasteiger partial charge >= 0.3 is 0 Å². The number of benzene rings is 4. The van der Waals surface area contributed by atoms with Gasteiger partial charge in [0.2, 0.25) is 0 Å². The van der Waals surface area contributed by atoms with E-state index in [9.17, 15) is 0 Å². The van der Waals surface area contributed by atoms with Gasteiger partial charge in [-0.05, 0) is 46.5 Å². The van der Waals surface area contributed by atoms with Crippen LogP contribution < -0.4 is 18.9 Å². The first-order chi connectivity index (χ1) is 19.7. The van der Waals surface area contributed by atoms with Gasteiger partial charge in [-0.25, -0.2) is 0 Å². The number of hydrogen-bond donors (Lipinski definition) is 0. The lowest BCUT2D eigenvalue weighted by molar-refractivity contribution is 0.0510. The fourth-order valence-corrected chi connectivity index (χ4v) is 4.35. The summed E-state index contributed by atoms with van der Waals surface area (Å²) in [5.41, 5.74) is 4.18. The topological polar surface area (TPSA) is 58.7 Å². The van der Waals surface area contributed by atoms with E-state index in [1.165, 1.54) is 0 Å². The zero-order valence-corrected chi connectivity index (χ0v) is 22.8. The normalized spacial score (nSPS) is 15.0. The first kappa shape index (κ1) is 27.3. The Morgan fingerprint density at radius 3 is 1.88 bits per heavy atom. The van der Waals surface area contributed by atoms with E-state index < -0.39 is 0 Å². The van der Waals surface area contributed by atoms with E-state index in [-0.39, 0.29) is 12.2 Å². The third-order valence-corrected chi connectivity index (χ3v) is 6.56. The second-order valence-electron chi connectivity index (χ2n) is 9.40. The molecule has 40 heavy (non-hydrogen) atoms. The van der Waals surface area contributed by atoms with E-state index in [2.05, 4.69) is 0 Å². The van der Waals surface area contributed by atoms with Crippen LogP contribution in [0, 0.1) is 0 Å². The molecular formula is C34H34O6. The molecule has 0 amide bonds. The Hall–Kier alpha value is -4.26. The summed E-state index contributed by atoms with van der Waals surface area (Å²) in [7, 11) is 3.29. The fraction of sp³-hybridized carbons (Fsp3) is 0.235. The molecule has 0 spiro atoms. The number of hydrogen-bond acceptors (Lipinski definition) is 6. The number of ether oxygens (including phenoxy) is 6. The highest BCUT2D eigenvalue weighted by molar-refractivity contribution is 5.56. The molecule has 6 heteroatoms. The van der Waals surface area contributed by atoms with Crippen molar-refractivity contribution in [2.24, 2.45) is 0 Å². The molecule has 4 aromatic carbocycles. The van der Waals surface area contributed by atoms with Crippen molar-refractivity contribution < 1.29 is 28.4 Å². The predicted octanol–water partition coefficient (Wildman–Crippen LogP) is 7.03. The maximum atomic E-state index is 6.25. The summed E-state index contributed by atoms with van der Waals surface area (Å²) >= 11 is 0. The van der Waals surface area contributed by atoms with Crippen molar-refractivity contribution in [3.8, 4) is 23.0 Å². The number of rotatable bonds is 14. The van der Waals surface area contributed by atoms with E-state index >= 15 is 0 Å². The van der Waals surface area contributed by atoms with Gasteiger partial charge in [-0.1, -0.05) is 84.9 Å². The lowest BCUT2D eigenvalue weighted by Crippen LogP contribution is -2.11. The fourth-order valence-electron chi connectivity index (χ4n) is 4.35. The minimum Gasteiger partial charge on any atom is -0.493 e. The van der Waals surface area contributed by atoms with E-state index in [1.807, 2.05) is 109 Å². The quantitative estimate of drug-likeness (QED) is 0.161. The summed E-state index contributed by atoms with van der Waals surface area (Å²) < 4.78 is 35.0. The van der Waals surface area contributed by atoms with Crippen LogP contribution in [0.5, 0.6) is 23.0 Å². The Balaban J connectivity index is 1.18. The molecule has 0 bridgehead atoms. The molecule has 4 aromatic rings. The van der Waals surface area contributed by atoms with Crippen molar-refractivity contribution in [1.29, 1.82) is 0 Å². The maximum Gasteiger partial charge on any atom is 0.161 e. The van der Waals surface area contributed by atoms with Crippen molar-refractivity contribution in [1.82, 2.24) is 0 Å². The van der Waals surface area contributed by atoms with E-state index in [1.54, 1.807) is 14.2 Å². The van der Waals surface area contributed by atoms with E-state index in [0.717, 1.165) is 22.3 Å². The largest absolute Gasteiger partial charge is 0.493 e. The lowest BCUT2D eigenvalue weighted by Gasteiger charge is -2.18. The molecule has 0 radical (unpaired) electrons. The van der Waals surface area contributed by atoms with E-state index in [4.69, 9.17) is 28.4 Å². The molecular weight excluding hydrogens is 504 g/mol. The average molecular weight is 539 g/mol. The van der Waals surface area contributed by atoms with Crippen molar-refractivity contribution >= 4 is 6.08 Å². The standard InChI is InChI=1S/C34H34O6/c1-35-31-20-25(15-17-29(31)38-22-26-10-5-3-6-11-26)14-9-19-37-34(33-24-40-33)28-16-18-30(32(21-28)36-2)39-23-27-12-7-4-8-13-27/h3-18,20-21,33-34H,19,22-24H2,1-2H3/b14-9+. The van der Waals surface area contributed by atoms with Crippen LogP contribution in [-0.4, -0.2) is 33.5 Å². The van der Waals surface area contributed by atoms with Gasteiger partial charge < -0.3 is 28.4 Å². The van der Waals surface area contributed by atoms with Crippen LogP contribution in [0.1, 0.15) is 28.4 Å². The van der Waals surface area contributed by atoms with Gasteiger partial charge in [-0.15, -0.1) is 0 Å². The predicted molar refractivity (Wildman–Crippen MR) is 155 cm³/mol. The third-order valence-electron chi connectivity index (χ3n) is 6.56. The maximum absolute atomic E-state index is 6.25. The first-order valence-electron chi connectivity index (χ1n) is 13.3. The highest BCUT2D eigenvalue weighted by Crippen LogP contribution is 2.37. The summed E-state index contributed by atoms with van der Waals surface area (Å²) in [6.45, 7) is 2.05. The lowest BCUT2D eigenvalue weighted by atomic mass is 10.1. The molecule has 1 heterocycles. The van der Waals surface area contributed by atoms with Crippen LogP contribution in [0.25, 0.3) is 6.08 Å². The van der Waals surface area contributed by atoms with E-state index in [0.29, 0.717) is 49.4 Å². The van der Waals surface area contributed by atoms with Gasteiger partial charge in [-0.2, -0.15) is 0 Å². The molecule has 0 N–H and O–H groups in total. The highest BCUT2D eigenvalue weighted by atomic mass is 16.6. The molecule has 0 aromatic heterocycles. The number of methoxy groups -OCH3 is 2. The van der Waals surface area contributed by atoms with Crippen LogP contribution in [0.15, 0.2) is 103 Å². The Kier molecular flexibility index (Phi) is 9.35. The summed E-state index contributed by atoms with van der Waals surface area (Å²) in [6, 6.07) is 31.9. The van der Waals surface area contributed by atoms with Crippen LogP contribution in [0.2, 0.25) is 0 Å². The van der Waals surface area contributed by atoms with Crippen LogP contribution >= 0.6 is 0 Å². The van der Waals surface area contributed by atoms with Gasteiger partial charge in [0.05, 0.1) is 27.4 Å². The van der Waals surface area contributed by atoms with Gasteiger partial charge in [-0.3, -0.25) is 0 Å². The monoisotopic (exact) mass is 538 g/mol. The van der Waals surface area contributed by atoms with Crippen LogP contribution in [0.4, 0.5) is 0 Å². The minimum atomic E-state index is -0.204. The van der Waals surface area contributed by atoms with Gasteiger partial charge in [0.25, 0.3) is 0 Å². The Morgan fingerprint density at radius 2 is 1.30 bits per heavy atom. The van der Waals surface area contributed by atoms with Gasteiger partial charge in [0, 0.05) is 0 Å². The Morgan fingerprint density at radius 1 is 0.725 bits per heavy atom. The molecule has 2 atom stereocenters.